The molecule has 2 heterocycles. The molecule has 0 aliphatic carbocycles. The summed E-state index contributed by atoms with van der Waals surface area (Å²) < 4.78 is 34.4. The van der Waals surface area contributed by atoms with Gasteiger partial charge in [-0.25, -0.2) is 18.6 Å². The summed E-state index contributed by atoms with van der Waals surface area (Å²) in [5.41, 5.74) is -0.828. The Labute approximate surface area is 97.6 Å². The van der Waals surface area contributed by atoms with Crippen molar-refractivity contribution >= 4 is 17.6 Å². The number of halogens is 3. The lowest BCUT2D eigenvalue weighted by atomic mass is 10.3. The Balaban J connectivity index is 2.55. The van der Waals surface area contributed by atoms with Gasteiger partial charge in [-0.15, -0.1) is 0 Å². The highest BCUT2D eigenvalue weighted by atomic mass is 35.5. The van der Waals surface area contributed by atoms with Crippen LogP contribution in [0.1, 0.15) is 22.7 Å². The fraction of sp³-hybridized carbons (Fsp3) is 0.111. The fourth-order valence-electron chi connectivity index (χ4n) is 1.19. The van der Waals surface area contributed by atoms with Gasteiger partial charge >= 0.3 is 5.97 Å². The molecular formula is C9H4ClF2NO4. The Morgan fingerprint density at radius 1 is 1.53 bits per heavy atom. The molecule has 0 atom stereocenters. The summed E-state index contributed by atoms with van der Waals surface area (Å²) in [6.07, 6.45) is -1.85. The molecule has 0 fully saturated rings. The molecule has 2 rings (SSSR count). The summed E-state index contributed by atoms with van der Waals surface area (Å²) in [6.45, 7) is 0. The van der Waals surface area contributed by atoms with Crippen molar-refractivity contribution in [3.05, 3.63) is 29.0 Å². The molecule has 90 valence electrons. The molecule has 0 radical (unpaired) electrons. The second-order valence-corrected chi connectivity index (χ2v) is 3.29. The van der Waals surface area contributed by atoms with Gasteiger partial charge in [-0.2, -0.15) is 0 Å². The molecule has 0 spiro atoms. The number of hydrogen-bond acceptors (Lipinski definition) is 4. The van der Waals surface area contributed by atoms with E-state index in [9.17, 15) is 13.6 Å². The maximum atomic E-state index is 12.5. The first kappa shape index (κ1) is 11.6. The van der Waals surface area contributed by atoms with E-state index in [1.165, 1.54) is 12.3 Å². The lowest BCUT2D eigenvalue weighted by molar-refractivity contribution is 0.0647. The van der Waals surface area contributed by atoms with E-state index < -0.39 is 23.8 Å². The normalized spacial score (nSPS) is 11.1. The molecule has 0 aliphatic heterocycles. The number of nitrogens with zero attached hydrogens (tertiary/aromatic N) is 1. The lowest BCUT2D eigenvalue weighted by Crippen LogP contribution is -1.99. The summed E-state index contributed by atoms with van der Waals surface area (Å²) in [5, 5.41) is 8.55. The number of furan rings is 1. The van der Waals surface area contributed by atoms with Crippen molar-refractivity contribution in [2.75, 3.05) is 0 Å². The third-order valence-corrected chi connectivity index (χ3v) is 2.20. The fourth-order valence-corrected chi connectivity index (χ4v) is 1.39. The number of carboxylic acid groups (broad SMARTS) is 1. The maximum Gasteiger partial charge on any atom is 0.374 e. The van der Waals surface area contributed by atoms with Crippen molar-refractivity contribution in [2.24, 2.45) is 0 Å². The first-order valence-corrected chi connectivity index (χ1v) is 4.64. The zero-order valence-corrected chi connectivity index (χ0v) is 8.74. The molecule has 0 amide bonds. The Kier molecular flexibility index (Phi) is 2.84. The first-order chi connectivity index (χ1) is 8.00. The Bertz CT molecular complexity index is 563. The highest BCUT2D eigenvalue weighted by molar-refractivity contribution is 6.31. The molecule has 1 N–H and O–H groups in total. The zero-order chi connectivity index (χ0) is 12.6. The van der Waals surface area contributed by atoms with Crippen molar-refractivity contribution in [3.8, 4) is 11.5 Å². The number of alkyl halides is 2. The molecule has 0 aliphatic rings. The molecule has 0 saturated heterocycles. The van der Waals surface area contributed by atoms with Crippen LogP contribution in [0, 0.1) is 0 Å². The maximum absolute atomic E-state index is 12.5. The number of aromatic nitrogens is 1. The predicted molar refractivity (Wildman–Crippen MR) is 51.1 cm³/mol. The quantitative estimate of drug-likeness (QED) is 0.920. The van der Waals surface area contributed by atoms with Crippen molar-refractivity contribution in [2.45, 2.75) is 6.43 Å². The largest absolute Gasteiger partial charge is 0.475 e. The number of hydrogen-bond donors (Lipinski definition) is 1. The van der Waals surface area contributed by atoms with Crippen LogP contribution in [0.3, 0.4) is 0 Å². The highest BCUT2D eigenvalue weighted by Crippen LogP contribution is 2.32. The average molecular weight is 264 g/mol. The topological polar surface area (TPSA) is 76.5 Å². The van der Waals surface area contributed by atoms with Crippen molar-refractivity contribution in [3.63, 3.8) is 0 Å². The van der Waals surface area contributed by atoms with Crippen LogP contribution in [0.25, 0.3) is 11.5 Å². The highest BCUT2D eigenvalue weighted by Gasteiger charge is 2.27. The third-order valence-electron chi connectivity index (χ3n) is 1.90. The van der Waals surface area contributed by atoms with Crippen LogP contribution in [0.15, 0.2) is 21.2 Å². The van der Waals surface area contributed by atoms with Gasteiger partial charge in [0.1, 0.15) is 0 Å². The van der Waals surface area contributed by atoms with Crippen molar-refractivity contribution < 1.29 is 27.5 Å². The minimum absolute atomic E-state index is 0.112. The van der Waals surface area contributed by atoms with Gasteiger partial charge in [0.25, 0.3) is 6.43 Å². The lowest BCUT2D eigenvalue weighted by Gasteiger charge is -1.91. The second-order valence-electron chi connectivity index (χ2n) is 2.95. The SMILES string of the molecule is O=C(O)c1oc(-c2ccoc2Cl)nc1C(F)F. The summed E-state index contributed by atoms with van der Waals surface area (Å²) in [4.78, 5) is 14.1. The summed E-state index contributed by atoms with van der Waals surface area (Å²) in [6, 6.07) is 1.33. The van der Waals surface area contributed by atoms with E-state index in [2.05, 4.69) is 4.98 Å². The number of rotatable bonds is 3. The number of oxazole rings is 1. The van der Waals surface area contributed by atoms with Crippen LogP contribution in [0.5, 0.6) is 0 Å². The summed E-state index contributed by atoms with van der Waals surface area (Å²) in [5.74, 6) is -2.86. The van der Waals surface area contributed by atoms with E-state index in [4.69, 9.17) is 25.5 Å². The number of carboxylic acids is 1. The van der Waals surface area contributed by atoms with Crippen LogP contribution in [0.2, 0.25) is 5.22 Å². The molecule has 0 aromatic carbocycles. The third kappa shape index (κ3) is 2.01. The van der Waals surface area contributed by atoms with Gasteiger partial charge in [-0.05, 0) is 17.7 Å². The molecule has 2 aromatic rings. The average Bonchev–Trinajstić information content (AvgIpc) is 2.82. The molecule has 8 heteroatoms. The second kappa shape index (κ2) is 4.17. The molecule has 0 bridgehead atoms. The van der Waals surface area contributed by atoms with E-state index >= 15 is 0 Å². The van der Waals surface area contributed by atoms with Crippen LogP contribution >= 0.6 is 11.6 Å². The van der Waals surface area contributed by atoms with Crippen LogP contribution in [-0.4, -0.2) is 16.1 Å². The van der Waals surface area contributed by atoms with Crippen LogP contribution in [-0.2, 0) is 0 Å². The predicted octanol–water partition coefficient (Wildman–Crippen LogP) is 3.22. The minimum atomic E-state index is -3.05. The van der Waals surface area contributed by atoms with Crippen molar-refractivity contribution in [1.82, 2.24) is 4.98 Å². The van der Waals surface area contributed by atoms with Crippen LogP contribution < -0.4 is 0 Å². The smallest absolute Gasteiger partial charge is 0.374 e. The number of carbonyl (C=O) groups is 1. The van der Waals surface area contributed by atoms with E-state index in [0.29, 0.717) is 0 Å². The van der Waals surface area contributed by atoms with Gasteiger partial charge in [0.2, 0.25) is 16.9 Å². The Morgan fingerprint density at radius 3 is 2.65 bits per heavy atom. The minimum Gasteiger partial charge on any atom is -0.475 e. The van der Waals surface area contributed by atoms with E-state index in [-0.39, 0.29) is 16.7 Å². The molecule has 2 aromatic heterocycles. The van der Waals surface area contributed by atoms with Gasteiger partial charge < -0.3 is 13.9 Å². The number of aromatic carboxylic acids is 1. The van der Waals surface area contributed by atoms with Gasteiger partial charge in [0.15, 0.2) is 5.69 Å². The van der Waals surface area contributed by atoms with E-state index in [1.54, 1.807) is 0 Å². The molecule has 17 heavy (non-hydrogen) atoms. The van der Waals surface area contributed by atoms with Gasteiger partial charge in [-0.1, -0.05) is 0 Å². The van der Waals surface area contributed by atoms with E-state index in [1.807, 2.05) is 0 Å². The van der Waals surface area contributed by atoms with Gasteiger partial charge in [0.05, 0.1) is 11.8 Å². The van der Waals surface area contributed by atoms with Gasteiger partial charge in [-0.3, -0.25) is 0 Å². The van der Waals surface area contributed by atoms with Gasteiger partial charge in [0, 0.05) is 0 Å². The molecule has 5 nitrogen and oxygen atoms in total. The molecular weight excluding hydrogens is 260 g/mol. The monoisotopic (exact) mass is 263 g/mol. The summed E-state index contributed by atoms with van der Waals surface area (Å²) in [7, 11) is 0. The Hall–Kier alpha value is -1.89. The zero-order valence-electron chi connectivity index (χ0n) is 7.99. The van der Waals surface area contributed by atoms with Crippen molar-refractivity contribution in [1.29, 1.82) is 0 Å². The van der Waals surface area contributed by atoms with E-state index in [0.717, 1.165) is 0 Å². The first-order valence-electron chi connectivity index (χ1n) is 4.26. The van der Waals surface area contributed by atoms with Crippen LogP contribution in [0.4, 0.5) is 8.78 Å². The molecule has 0 saturated carbocycles. The summed E-state index contributed by atoms with van der Waals surface area (Å²) >= 11 is 5.59. The Morgan fingerprint density at radius 2 is 2.24 bits per heavy atom. The molecule has 0 unspecified atom stereocenters. The standard InChI is InChI=1S/C9H4ClF2NO4/c10-6-3(1-2-16-6)8-13-4(7(11)12)5(17-8)9(14)15/h1-2,7H,(H,14,15).